The fourth-order valence-corrected chi connectivity index (χ4v) is 6.30. The van der Waals surface area contributed by atoms with E-state index in [1.54, 1.807) is 39.5 Å². The molecule has 56 heavy (non-hydrogen) atoms. The molecule has 0 amide bonds. The van der Waals surface area contributed by atoms with Gasteiger partial charge in [0.25, 0.3) is 0 Å². The monoisotopic (exact) mass is 772 g/mol. The molecule has 1 heterocycles. The number of phenols is 1. The Morgan fingerprint density at radius 3 is 1.43 bits per heavy atom. The predicted molar refractivity (Wildman–Crippen MR) is 234 cm³/mol. The Kier molecular flexibility index (Phi) is 25.2. The van der Waals surface area contributed by atoms with Gasteiger partial charge in [-0.15, -0.1) is 0 Å². The van der Waals surface area contributed by atoms with Crippen LogP contribution in [0, 0.1) is 17.8 Å². The molecule has 3 unspecified atom stereocenters. The van der Waals surface area contributed by atoms with Crippen LogP contribution in [0.4, 0.5) is 0 Å². The standard InChI is InChI=1S/C30H33N3O3.2C9H20O/c1-4-6-11-21(5-2)20-36-27-15-10-8-13-25(27)30-32-28(22-16-18-23(35-3)19-17-22)31-29(33-30)24-12-7-9-14-26(24)34;2*1-4-6-7-9(5-2)8-10-3/h7-10,12-19,21,34H,4-6,11,20H2,1-3H3;2*9H,4-8H2,1-3H3. The normalized spacial score (nSPS) is 12.4. The second-order valence-electron chi connectivity index (χ2n) is 14.5. The van der Waals surface area contributed by atoms with Crippen molar-refractivity contribution in [2.45, 2.75) is 119 Å². The third-order valence-electron chi connectivity index (χ3n) is 10.2. The van der Waals surface area contributed by atoms with Crippen LogP contribution in [-0.4, -0.2) is 61.2 Å². The van der Waals surface area contributed by atoms with Crippen LogP contribution in [0.2, 0.25) is 0 Å². The van der Waals surface area contributed by atoms with Crippen molar-refractivity contribution in [2.24, 2.45) is 17.8 Å². The zero-order valence-electron chi connectivity index (χ0n) is 36.2. The number of aromatic nitrogens is 3. The SMILES string of the molecule is CCCCC(CC)COC.CCCCC(CC)COC.CCCCC(CC)COc1ccccc1-c1nc(-c2ccc(OC)cc2)nc(-c2ccccc2O)n1. The molecule has 1 aromatic heterocycles. The van der Waals surface area contributed by atoms with E-state index >= 15 is 0 Å². The topological polar surface area (TPSA) is 95.8 Å². The van der Waals surface area contributed by atoms with E-state index in [1.165, 1.54) is 64.2 Å². The summed E-state index contributed by atoms with van der Waals surface area (Å²) >= 11 is 0. The Morgan fingerprint density at radius 2 is 0.964 bits per heavy atom. The van der Waals surface area contributed by atoms with Gasteiger partial charge in [0.15, 0.2) is 17.5 Å². The third kappa shape index (κ3) is 17.4. The second-order valence-corrected chi connectivity index (χ2v) is 14.5. The molecule has 4 rings (SSSR count). The van der Waals surface area contributed by atoms with Crippen LogP contribution in [0.15, 0.2) is 72.8 Å². The minimum Gasteiger partial charge on any atom is -0.507 e. The molecule has 0 aliphatic carbocycles. The van der Waals surface area contributed by atoms with Gasteiger partial charge in [-0.1, -0.05) is 124 Å². The van der Waals surface area contributed by atoms with Gasteiger partial charge in [-0.05, 0) is 85.5 Å². The Hall–Kier alpha value is -4.01. The second kappa shape index (κ2) is 29.3. The maximum Gasteiger partial charge on any atom is 0.167 e. The van der Waals surface area contributed by atoms with Crippen LogP contribution in [0.25, 0.3) is 34.2 Å². The molecule has 0 fully saturated rings. The number of phenolic OH excluding ortho intramolecular Hbond substituents is 1. The van der Waals surface area contributed by atoms with Crippen LogP contribution in [0.3, 0.4) is 0 Å². The fourth-order valence-electron chi connectivity index (χ4n) is 6.30. The fraction of sp³-hybridized carbons (Fsp3) is 0.562. The molecule has 0 bridgehead atoms. The Balaban J connectivity index is 0.000000445. The Bertz CT molecular complexity index is 1560. The van der Waals surface area contributed by atoms with Crippen LogP contribution >= 0.6 is 0 Å². The molecule has 0 saturated heterocycles. The van der Waals surface area contributed by atoms with E-state index in [4.69, 9.17) is 33.9 Å². The van der Waals surface area contributed by atoms with E-state index in [-0.39, 0.29) is 5.75 Å². The lowest BCUT2D eigenvalue weighted by Crippen LogP contribution is -2.12. The summed E-state index contributed by atoms with van der Waals surface area (Å²) in [5.41, 5.74) is 2.15. The summed E-state index contributed by atoms with van der Waals surface area (Å²) in [6, 6.07) is 22.5. The Morgan fingerprint density at radius 1 is 0.518 bits per heavy atom. The van der Waals surface area contributed by atoms with E-state index < -0.39 is 0 Å². The largest absolute Gasteiger partial charge is 0.507 e. The number of rotatable bonds is 23. The molecule has 0 saturated carbocycles. The number of aromatic hydroxyl groups is 1. The summed E-state index contributed by atoms with van der Waals surface area (Å²) in [6.45, 7) is 15.9. The minimum absolute atomic E-state index is 0.113. The summed E-state index contributed by atoms with van der Waals surface area (Å²) in [6.07, 6.45) is 15.1. The number of hydrogen-bond donors (Lipinski definition) is 1. The summed E-state index contributed by atoms with van der Waals surface area (Å²) in [4.78, 5) is 14.3. The number of hydrogen-bond acceptors (Lipinski definition) is 8. The van der Waals surface area contributed by atoms with E-state index in [0.717, 1.165) is 60.5 Å². The van der Waals surface area contributed by atoms with Crippen LogP contribution < -0.4 is 9.47 Å². The molecule has 1 N–H and O–H groups in total. The first kappa shape index (κ1) is 48.1. The molecular weight excluding hydrogens is 699 g/mol. The smallest absolute Gasteiger partial charge is 0.167 e. The van der Waals surface area contributed by atoms with Gasteiger partial charge in [-0.25, -0.2) is 15.0 Å². The lowest BCUT2D eigenvalue weighted by molar-refractivity contribution is 0.144. The first-order chi connectivity index (χ1) is 27.3. The van der Waals surface area contributed by atoms with Gasteiger partial charge in [0.1, 0.15) is 17.2 Å². The van der Waals surface area contributed by atoms with Gasteiger partial charge in [0.05, 0.1) is 24.8 Å². The van der Waals surface area contributed by atoms with Crippen molar-refractivity contribution in [3.8, 4) is 51.4 Å². The molecule has 0 aliphatic rings. The quantitative estimate of drug-likeness (QED) is 0.0796. The highest BCUT2D eigenvalue weighted by atomic mass is 16.5. The molecule has 8 heteroatoms. The number of ether oxygens (including phenoxy) is 4. The molecule has 0 radical (unpaired) electrons. The number of benzene rings is 3. The molecule has 8 nitrogen and oxygen atoms in total. The highest BCUT2D eigenvalue weighted by molar-refractivity contribution is 5.72. The van der Waals surface area contributed by atoms with Crippen molar-refractivity contribution in [1.82, 2.24) is 15.0 Å². The first-order valence-electron chi connectivity index (χ1n) is 21.2. The van der Waals surface area contributed by atoms with Crippen molar-refractivity contribution in [2.75, 3.05) is 41.2 Å². The molecule has 0 spiro atoms. The number of nitrogens with zero attached hydrogens (tertiary/aromatic N) is 3. The molecular formula is C48H73N3O5. The van der Waals surface area contributed by atoms with Gasteiger partial charge in [0.2, 0.25) is 0 Å². The third-order valence-corrected chi connectivity index (χ3v) is 10.2. The summed E-state index contributed by atoms with van der Waals surface area (Å²) in [5.74, 6) is 5.09. The van der Waals surface area contributed by atoms with E-state index in [2.05, 4.69) is 41.5 Å². The van der Waals surface area contributed by atoms with Gasteiger partial charge in [-0.3, -0.25) is 0 Å². The maximum absolute atomic E-state index is 10.5. The molecule has 3 aromatic carbocycles. The average molecular weight is 772 g/mol. The van der Waals surface area contributed by atoms with E-state index in [9.17, 15) is 5.11 Å². The van der Waals surface area contributed by atoms with Gasteiger partial charge in [-0.2, -0.15) is 0 Å². The van der Waals surface area contributed by atoms with Gasteiger partial charge in [0, 0.05) is 33.0 Å². The van der Waals surface area contributed by atoms with E-state index in [1.807, 2.05) is 54.6 Å². The van der Waals surface area contributed by atoms with Crippen LogP contribution in [0.1, 0.15) is 119 Å². The van der Waals surface area contributed by atoms with E-state index in [0.29, 0.717) is 35.6 Å². The zero-order valence-corrected chi connectivity index (χ0v) is 36.2. The lowest BCUT2D eigenvalue weighted by Gasteiger charge is -2.17. The molecule has 0 aliphatic heterocycles. The van der Waals surface area contributed by atoms with Crippen molar-refractivity contribution < 1.29 is 24.1 Å². The summed E-state index contributed by atoms with van der Waals surface area (Å²) in [7, 11) is 5.21. The van der Waals surface area contributed by atoms with Crippen molar-refractivity contribution >= 4 is 0 Å². The Labute approximate surface area is 339 Å². The van der Waals surface area contributed by atoms with Crippen molar-refractivity contribution in [1.29, 1.82) is 0 Å². The van der Waals surface area contributed by atoms with Crippen molar-refractivity contribution in [3.05, 3.63) is 72.8 Å². The zero-order chi connectivity index (χ0) is 41.0. The molecule has 3 atom stereocenters. The van der Waals surface area contributed by atoms with Gasteiger partial charge >= 0.3 is 0 Å². The molecule has 310 valence electrons. The number of para-hydroxylation sites is 2. The average Bonchev–Trinajstić information content (AvgIpc) is 3.24. The van der Waals surface area contributed by atoms with Crippen LogP contribution in [0.5, 0.6) is 17.2 Å². The van der Waals surface area contributed by atoms with Crippen LogP contribution in [-0.2, 0) is 9.47 Å². The minimum atomic E-state index is 0.113. The summed E-state index contributed by atoms with van der Waals surface area (Å²) in [5, 5.41) is 10.5. The number of methoxy groups -OCH3 is 3. The maximum atomic E-state index is 10.5. The lowest BCUT2D eigenvalue weighted by atomic mass is 10.0. The molecule has 4 aromatic rings. The highest BCUT2D eigenvalue weighted by Gasteiger charge is 2.18. The predicted octanol–water partition coefficient (Wildman–Crippen LogP) is 12.9. The number of unbranched alkanes of at least 4 members (excludes halogenated alkanes) is 3. The highest BCUT2D eigenvalue weighted by Crippen LogP contribution is 2.33. The van der Waals surface area contributed by atoms with Crippen molar-refractivity contribution in [3.63, 3.8) is 0 Å². The first-order valence-corrected chi connectivity index (χ1v) is 21.2. The summed E-state index contributed by atoms with van der Waals surface area (Å²) < 4.78 is 21.8. The van der Waals surface area contributed by atoms with Gasteiger partial charge < -0.3 is 24.1 Å².